The van der Waals surface area contributed by atoms with Gasteiger partial charge < -0.3 is 125 Å². The van der Waals surface area contributed by atoms with Crippen LogP contribution in [0.2, 0.25) is 0 Å². The summed E-state index contributed by atoms with van der Waals surface area (Å²) in [5.74, 6) is -5.33. The number of aromatic carboxylic acids is 8. The molecule has 0 aliphatic carbocycles. The van der Waals surface area contributed by atoms with Crippen molar-refractivity contribution in [3.63, 3.8) is 0 Å². The fourth-order valence-corrected chi connectivity index (χ4v) is 6.47. The number of pyridine rings is 4. The van der Waals surface area contributed by atoms with Crippen LogP contribution in [-0.4, -0.2) is 67.7 Å². The third kappa shape index (κ3) is 72.8. The van der Waals surface area contributed by atoms with Crippen LogP contribution in [0.25, 0.3) is 0 Å². The third-order valence-corrected chi connectivity index (χ3v) is 11.2. The molecule has 0 saturated carbocycles. The fraction of sp³-hybridized carbons (Fsp3) is 0.0476. The van der Waals surface area contributed by atoms with E-state index in [-0.39, 0.29) is 113 Å². The number of nitrogens with zero attached hydrogens (tertiary/aromatic N) is 8. The maximum Gasteiger partial charge on any atom is 2.00 e. The SMILES string of the molecule is CC#N.CC#N.CC#N.CC#N.Nc1cccc(N)n1.Nc1cccc(N)n1.Nc1cccc(N)n1.Nc1cccc(N)n1.O=C([O-])c1ccccc1.O=C([O-])c1ccccc1.O=C([O-])c1ccccc1.O=C([O-])c1ccccc1.O=C([O-])c1ccccc1.O=C([O-])c1ccccc1.O=C([O-])c1ccccc1.O=C([O-])c1ccccc1.[Cu+2].[Cu+2].[Cu+2].[Cu+2]. The molecule has 4 radical (unpaired) electrons. The number of carbonyl (C=O) groups is 8. The molecule has 16 N–H and O–H groups in total. The van der Waals surface area contributed by atoms with Crippen LogP contribution in [0.5, 0.6) is 0 Å². The van der Waals surface area contributed by atoms with Gasteiger partial charge in [-0.25, -0.2) is 19.9 Å². The van der Waals surface area contributed by atoms with Gasteiger partial charge in [-0.15, -0.1) is 0 Å². The summed E-state index contributed by atoms with van der Waals surface area (Å²) < 4.78 is 0. The Bertz CT molecular complexity index is 4020. The van der Waals surface area contributed by atoms with Gasteiger partial charge in [0.15, 0.2) is 0 Å². The normalized spacial score (nSPS) is 8.00. The Morgan fingerprint density at radius 2 is 0.267 bits per heavy atom. The molecule has 0 atom stereocenters. The molecule has 8 aromatic carbocycles. The van der Waals surface area contributed by atoms with Gasteiger partial charge in [0.25, 0.3) is 0 Å². The molecule has 636 valence electrons. The van der Waals surface area contributed by atoms with E-state index >= 15 is 0 Å². The first-order chi connectivity index (χ1) is 55.2. The second-order valence-corrected chi connectivity index (χ2v) is 20.1. The first kappa shape index (κ1) is 120. The minimum absolute atomic E-state index is 0. The summed E-state index contributed by atoms with van der Waals surface area (Å²) in [6.45, 7) is 5.72. The Kier molecular flexibility index (Phi) is 80.4. The molecule has 4 heterocycles. The van der Waals surface area contributed by atoms with Gasteiger partial charge in [-0.1, -0.05) is 267 Å². The number of carboxylic acids is 8. The molecule has 0 aliphatic heterocycles. The average molecular weight is 1820 g/mol. The van der Waals surface area contributed by atoms with Gasteiger partial charge in [-0.2, -0.15) is 21.0 Å². The van der Waals surface area contributed by atoms with E-state index in [1.165, 1.54) is 125 Å². The summed E-state index contributed by atoms with van der Waals surface area (Å²) in [5, 5.41) is 110. The number of benzene rings is 8. The molecular formula is C84H80Cu4N16O16. The predicted molar refractivity (Wildman–Crippen MR) is 424 cm³/mol. The molecule has 0 aliphatic rings. The maximum atomic E-state index is 10.1. The van der Waals surface area contributed by atoms with Crippen LogP contribution >= 0.6 is 0 Å². The van der Waals surface area contributed by atoms with Crippen molar-refractivity contribution < 1.29 is 147 Å². The quantitative estimate of drug-likeness (QED) is 0.101. The van der Waals surface area contributed by atoms with Crippen molar-refractivity contribution in [2.24, 2.45) is 0 Å². The first-order valence-electron chi connectivity index (χ1n) is 32.5. The third-order valence-electron chi connectivity index (χ3n) is 11.2. The standard InChI is InChI=1S/8C7H6O2.4C5H7N3.4C2H3N.4Cu/c8*8-7(9)6-4-2-1-3-5-6;4*6-4-2-1-3-5(7)8-4;4*1-2-3;;;;/h8*1-5H,(H,8,9);4*1-3H,(H4,6,7,8);4*1H3;;;;/q;;;;;;;;;;;;;;;;4*+2/p-8. The zero-order chi connectivity index (χ0) is 88.3. The van der Waals surface area contributed by atoms with Crippen LogP contribution in [0.1, 0.15) is 111 Å². The van der Waals surface area contributed by atoms with Gasteiger partial charge in [0.1, 0.15) is 46.5 Å². The van der Waals surface area contributed by atoms with Gasteiger partial charge in [0.05, 0.1) is 72.0 Å². The zero-order valence-electron chi connectivity index (χ0n) is 64.0. The van der Waals surface area contributed by atoms with E-state index in [2.05, 4.69) is 19.9 Å². The fourth-order valence-electron chi connectivity index (χ4n) is 6.47. The van der Waals surface area contributed by atoms with E-state index in [0.717, 1.165) is 0 Å². The number of anilines is 8. The predicted octanol–water partition coefficient (Wildman–Crippen LogP) is 3.49. The number of carbonyl (C=O) groups excluding carboxylic acids is 8. The van der Waals surface area contributed by atoms with Crippen LogP contribution in [0.4, 0.5) is 46.5 Å². The smallest absolute Gasteiger partial charge is 0.545 e. The first-order valence-corrected chi connectivity index (χ1v) is 32.5. The summed E-state index contributed by atoms with van der Waals surface area (Å²) >= 11 is 0. The molecule has 12 rings (SSSR count). The Hall–Kier alpha value is -15.4. The molecule has 0 bridgehead atoms. The van der Waals surface area contributed by atoms with Gasteiger partial charge in [-0.3, -0.25) is 0 Å². The number of nitriles is 4. The Morgan fingerprint density at radius 3 is 0.308 bits per heavy atom. The van der Waals surface area contributed by atoms with Crippen LogP contribution in [0, 0.1) is 45.3 Å². The summed E-state index contributed by atoms with van der Waals surface area (Å²) in [4.78, 5) is 95.6. The molecule has 0 fully saturated rings. The molecule has 0 amide bonds. The minimum atomic E-state index is -1.13. The van der Waals surface area contributed by atoms with Gasteiger partial charge in [-0.05, 0) is 93.0 Å². The second kappa shape index (κ2) is 80.2. The van der Waals surface area contributed by atoms with E-state index in [4.69, 9.17) is 66.9 Å². The van der Waals surface area contributed by atoms with Crippen LogP contribution < -0.4 is 86.7 Å². The Balaban J connectivity index is -0.000000187. The van der Waals surface area contributed by atoms with Crippen LogP contribution in [0.15, 0.2) is 315 Å². The number of nitrogens with two attached hydrogens (primary N) is 8. The molecule has 120 heavy (non-hydrogen) atoms. The van der Waals surface area contributed by atoms with Gasteiger partial charge >= 0.3 is 68.3 Å². The topological polar surface area (TPSA) is 676 Å². The van der Waals surface area contributed by atoms with E-state index in [1.54, 1.807) is 243 Å². The van der Waals surface area contributed by atoms with Crippen molar-refractivity contribution in [3.05, 3.63) is 360 Å². The number of rotatable bonds is 8. The molecule has 0 spiro atoms. The van der Waals surface area contributed by atoms with Crippen molar-refractivity contribution in [1.29, 1.82) is 21.0 Å². The monoisotopic (exact) mass is 1820 g/mol. The van der Waals surface area contributed by atoms with Crippen molar-refractivity contribution in [3.8, 4) is 24.3 Å². The summed E-state index contributed by atoms with van der Waals surface area (Å²) in [7, 11) is 0. The number of hydrogen-bond donors (Lipinski definition) is 8. The number of carboxylic acid groups (broad SMARTS) is 8. The maximum absolute atomic E-state index is 10.1. The Labute approximate surface area is 735 Å². The molecule has 0 saturated heterocycles. The molecule has 36 heteroatoms. The Morgan fingerprint density at radius 1 is 0.192 bits per heavy atom. The van der Waals surface area contributed by atoms with E-state index in [0.29, 0.717) is 46.5 Å². The number of aromatic nitrogens is 4. The number of hydrogen-bond acceptors (Lipinski definition) is 32. The molecular weight excluding hydrogens is 1740 g/mol. The van der Waals surface area contributed by atoms with Crippen LogP contribution in [-0.2, 0) is 68.3 Å². The minimum Gasteiger partial charge on any atom is -0.545 e. The van der Waals surface area contributed by atoms with Crippen molar-refractivity contribution >= 4 is 94.3 Å². The van der Waals surface area contributed by atoms with Crippen molar-refractivity contribution in [1.82, 2.24) is 19.9 Å². The van der Waals surface area contributed by atoms with Crippen LogP contribution in [0.3, 0.4) is 0 Å². The summed E-state index contributed by atoms with van der Waals surface area (Å²) in [6.07, 6.45) is 0. The van der Waals surface area contributed by atoms with Crippen molar-refractivity contribution in [2.45, 2.75) is 27.7 Å². The summed E-state index contributed by atoms with van der Waals surface area (Å²) in [6, 6.07) is 92.1. The van der Waals surface area contributed by atoms with Gasteiger partial charge in [0, 0.05) is 27.7 Å². The molecule has 12 aromatic rings. The molecule has 4 aromatic heterocycles. The zero-order valence-corrected chi connectivity index (χ0v) is 67.7. The molecule has 32 nitrogen and oxygen atoms in total. The van der Waals surface area contributed by atoms with E-state index in [9.17, 15) is 79.2 Å². The number of nitrogen functional groups attached to an aromatic ring is 8. The molecule has 0 unspecified atom stereocenters. The second-order valence-electron chi connectivity index (χ2n) is 20.1. The van der Waals surface area contributed by atoms with E-state index < -0.39 is 47.8 Å². The van der Waals surface area contributed by atoms with Crippen molar-refractivity contribution in [2.75, 3.05) is 45.9 Å². The average Bonchev–Trinajstić information content (AvgIpc) is 0.935. The van der Waals surface area contributed by atoms with E-state index in [1.807, 2.05) is 0 Å². The van der Waals surface area contributed by atoms with Gasteiger partial charge in [0.2, 0.25) is 0 Å². The summed E-state index contributed by atoms with van der Waals surface area (Å²) in [5.41, 5.74) is 43.9. The largest absolute Gasteiger partial charge is 2.00 e.